The molecule has 4 heteroatoms. The molecule has 0 radical (unpaired) electrons. The Morgan fingerprint density at radius 2 is 1.62 bits per heavy atom. The molecule has 3 nitrogen and oxygen atoms in total. The smallest absolute Gasteiger partial charge is 0.335 e. The normalized spacial score (nSPS) is 11.1. The van der Waals surface area contributed by atoms with Crippen molar-refractivity contribution >= 4 is 17.3 Å². The Balaban J connectivity index is 1.64. The molecule has 0 aliphatic heterocycles. The van der Waals surface area contributed by atoms with E-state index in [4.69, 9.17) is 4.74 Å². The summed E-state index contributed by atoms with van der Waals surface area (Å²) in [4.78, 5) is 17.6. The number of hydrogen-bond donors (Lipinski definition) is 0. The van der Waals surface area contributed by atoms with Gasteiger partial charge in [0.05, 0.1) is 0 Å². The van der Waals surface area contributed by atoms with Gasteiger partial charge >= 0.3 is 5.97 Å². The monoisotopic (exact) mass is 405 g/mol. The van der Waals surface area contributed by atoms with Gasteiger partial charge in [0, 0.05) is 22.7 Å². The van der Waals surface area contributed by atoms with E-state index in [1.54, 1.807) is 17.4 Å². The quantitative estimate of drug-likeness (QED) is 0.165. The van der Waals surface area contributed by atoms with Crippen molar-refractivity contribution in [3.63, 3.8) is 0 Å². The number of hydrogen-bond acceptors (Lipinski definition) is 4. The van der Waals surface area contributed by atoms with Crippen molar-refractivity contribution in [2.24, 2.45) is 0 Å². The lowest BCUT2D eigenvalue weighted by atomic mass is 10.0. The maximum Gasteiger partial charge on any atom is 0.335 e. The number of rotatable bonds is 9. The Kier molecular flexibility index (Phi) is 7.77. The molecule has 1 aromatic heterocycles. The number of esters is 1. The predicted molar refractivity (Wildman–Crippen MR) is 121 cm³/mol. The van der Waals surface area contributed by atoms with Gasteiger partial charge in [-0.3, -0.25) is 0 Å². The molecule has 0 saturated heterocycles. The van der Waals surface area contributed by atoms with Gasteiger partial charge in [-0.1, -0.05) is 69.2 Å². The number of nitrogens with zero attached hydrogens (tertiary/aromatic N) is 1. The van der Waals surface area contributed by atoms with E-state index in [2.05, 4.69) is 36.2 Å². The molecule has 2 aromatic carbocycles. The summed E-state index contributed by atoms with van der Waals surface area (Å²) in [6.45, 7) is 4.20. The van der Waals surface area contributed by atoms with Crippen LogP contribution >= 0.6 is 11.3 Å². The second-order valence-electron chi connectivity index (χ2n) is 6.92. The summed E-state index contributed by atoms with van der Waals surface area (Å²) in [5.41, 5.74) is 3.35. The molecule has 0 bridgehead atoms. The van der Waals surface area contributed by atoms with Gasteiger partial charge in [-0.2, -0.15) is 0 Å². The molecular formula is C25H27NO2S. The lowest BCUT2D eigenvalue weighted by molar-refractivity contribution is -0.129. The molecule has 0 N–H and O–H groups in total. The molecule has 0 aliphatic carbocycles. The summed E-state index contributed by atoms with van der Waals surface area (Å²) in [7, 11) is 0. The maximum atomic E-state index is 11.7. The van der Waals surface area contributed by atoms with E-state index in [9.17, 15) is 4.79 Å². The van der Waals surface area contributed by atoms with Gasteiger partial charge in [-0.25, -0.2) is 9.78 Å². The minimum absolute atomic E-state index is 0.346. The fraction of sp³-hybridized carbons (Fsp3) is 0.280. The van der Waals surface area contributed by atoms with E-state index in [1.165, 1.54) is 30.2 Å². The SMILES string of the molecule is CC/C=C/C(=O)Oc1ccc(-c2ccc(-c3ncc(CCCCC)s3)cc2)cc1. The van der Waals surface area contributed by atoms with Crippen molar-refractivity contribution in [2.45, 2.75) is 46.0 Å². The van der Waals surface area contributed by atoms with Crippen LogP contribution in [0.3, 0.4) is 0 Å². The van der Waals surface area contributed by atoms with E-state index in [0.29, 0.717) is 5.75 Å². The first-order valence-electron chi connectivity index (χ1n) is 10.2. The molecule has 3 aromatic rings. The lowest BCUT2D eigenvalue weighted by Gasteiger charge is -2.05. The van der Waals surface area contributed by atoms with E-state index in [1.807, 2.05) is 37.4 Å². The number of ether oxygens (including phenoxy) is 1. The van der Waals surface area contributed by atoms with E-state index in [-0.39, 0.29) is 5.97 Å². The molecule has 1 heterocycles. The highest BCUT2D eigenvalue weighted by atomic mass is 32.1. The standard InChI is InChI=1S/C25H27NO2S/c1-3-5-7-8-23-18-26-25(29-23)21-12-10-19(11-13-21)20-14-16-22(17-15-20)28-24(27)9-6-4-2/h6,9-18H,3-5,7-8H2,1-2H3/b9-6+. The predicted octanol–water partition coefficient (Wildman–Crippen LogP) is 7.08. The van der Waals surface area contributed by atoms with Crippen LogP contribution in [0.4, 0.5) is 0 Å². The summed E-state index contributed by atoms with van der Waals surface area (Å²) in [6.07, 6.45) is 10.9. The molecule has 0 fully saturated rings. The number of carbonyl (C=O) groups excluding carboxylic acids is 1. The summed E-state index contributed by atoms with van der Waals surface area (Å²) < 4.78 is 5.29. The molecular weight excluding hydrogens is 378 g/mol. The van der Waals surface area contributed by atoms with Crippen molar-refractivity contribution < 1.29 is 9.53 Å². The van der Waals surface area contributed by atoms with Crippen molar-refractivity contribution in [3.05, 3.63) is 71.8 Å². The fourth-order valence-electron chi connectivity index (χ4n) is 2.99. The first-order chi connectivity index (χ1) is 14.2. The van der Waals surface area contributed by atoms with Gasteiger partial charge in [0.2, 0.25) is 0 Å². The molecule has 150 valence electrons. The number of unbranched alkanes of at least 4 members (excludes halogenated alkanes) is 2. The highest BCUT2D eigenvalue weighted by molar-refractivity contribution is 7.15. The number of allylic oxidation sites excluding steroid dienone is 1. The number of aryl methyl sites for hydroxylation is 1. The van der Waals surface area contributed by atoms with Crippen molar-refractivity contribution in [1.29, 1.82) is 0 Å². The zero-order chi connectivity index (χ0) is 20.5. The summed E-state index contributed by atoms with van der Waals surface area (Å²) in [5, 5.41) is 1.07. The van der Waals surface area contributed by atoms with Gasteiger partial charge < -0.3 is 4.74 Å². The van der Waals surface area contributed by atoms with Crippen LogP contribution in [0.1, 0.15) is 44.4 Å². The lowest BCUT2D eigenvalue weighted by Crippen LogP contribution is -2.03. The van der Waals surface area contributed by atoms with Crippen molar-refractivity contribution in [1.82, 2.24) is 4.98 Å². The Bertz CT molecular complexity index is 940. The minimum Gasteiger partial charge on any atom is -0.423 e. The third kappa shape index (κ3) is 6.13. The largest absolute Gasteiger partial charge is 0.423 e. The topological polar surface area (TPSA) is 39.2 Å². The first kappa shape index (κ1) is 21.0. The van der Waals surface area contributed by atoms with Crippen LogP contribution in [0.5, 0.6) is 5.75 Å². The van der Waals surface area contributed by atoms with Gasteiger partial charge in [-0.05, 0) is 42.5 Å². The number of thiazole rings is 1. The molecule has 29 heavy (non-hydrogen) atoms. The second kappa shape index (κ2) is 10.7. The maximum absolute atomic E-state index is 11.7. The Labute approximate surface area is 177 Å². The summed E-state index contributed by atoms with van der Waals surface area (Å²) >= 11 is 1.79. The van der Waals surface area contributed by atoms with E-state index >= 15 is 0 Å². The van der Waals surface area contributed by atoms with Crippen LogP contribution in [-0.4, -0.2) is 11.0 Å². The van der Waals surface area contributed by atoms with E-state index < -0.39 is 0 Å². The third-order valence-corrected chi connectivity index (χ3v) is 5.71. The Hall–Kier alpha value is -2.72. The van der Waals surface area contributed by atoms with E-state index in [0.717, 1.165) is 34.5 Å². The molecule has 0 amide bonds. The van der Waals surface area contributed by atoms with Crippen LogP contribution in [0.2, 0.25) is 0 Å². The van der Waals surface area contributed by atoms with Crippen LogP contribution in [0, 0.1) is 0 Å². The summed E-state index contributed by atoms with van der Waals surface area (Å²) in [5.74, 6) is 0.205. The molecule has 3 rings (SSSR count). The second-order valence-corrected chi connectivity index (χ2v) is 8.04. The number of carbonyl (C=O) groups is 1. The van der Waals surface area contributed by atoms with Crippen LogP contribution in [0.25, 0.3) is 21.7 Å². The van der Waals surface area contributed by atoms with Crippen molar-refractivity contribution in [2.75, 3.05) is 0 Å². The highest BCUT2D eigenvalue weighted by Crippen LogP contribution is 2.29. The minimum atomic E-state index is -0.346. The van der Waals surface area contributed by atoms with Gasteiger partial charge in [0.25, 0.3) is 0 Å². The molecule has 0 aliphatic rings. The third-order valence-electron chi connectivity index (χ3n) is 4.61. The average molecular weight is 406 g/mol. The molecule has 0 saturated carbocycles. The highest BCUT2D eigenvalue weighted by Gasteiger charge is 2.06. The Morgan fingerprint density at radius 3 is 2.28 bits per heavy atom. The number of benzene rings is 2. The molecule has 0 atom stereocenters. The summed E-state index contributed by atoms with van der Waals surface area (Å²) in [6, 6.07) is 16.0. The van der Waals surface area contributed by atoms with Crippen LogP contribution in [0.15, 0.2) is 66.9 Å². The van der Waals surface area contributed by atoms with Crippen LogP contribution < -0.4 is 4.74 Å². The van der Waals surface area contributed by atoms with Crippen LogP contribution in [-0.2, 0) is 11.2 Å². The van der Waals surface area contributed by atoms with Crippen molar-refractivity contribution in [3.8, 4) is 27.4 Å². The first-order valence-corrected chi connectivity index (χ1v) is 11.0. The zero-order valence-corrected chi connectivity index (χ0v) is 17.9. The zero-order valence-electron chi connectivity index (χ0n) is 17.1. The Morgan fingerprint density at radius 1 is 0.966 bits per heavy atom. The average Bonchev–Trinajstić information content (AvgIpc) is 3.22. The van der Waals surface area contributed by atoms with Gasteiger partial charge in [0.1, 0.15) is 10.8 Å². The molecule has 0 unspecified atom stereocenters. The van der Waals surface area contributed by atoms with Gasteiger partial charge in [0.15, 0.2) is 0 Å². The van der Waals surface area contributed by atoms with Gasteiger partial charge in [-0.15, -0.1) is 11.3 Å². The molecule has 0 spiro atoms. The number of aromatic nitrogens is 1. The fourth-order valence-corrected chi connectivity index (χ4v) is 3.95.